The van der Waals surface area contributed by atoms with Crippen LogP contribution in [0.1, 0.15) is 37.7 Å². The molecule has 5 atom stereocenters. The average Bonchev–Trinajstić information content (AvgIpc) is 2.99. The molecule has 2 heteroatoms. The summed E-state index contributed by atoms with van der Waals surface area (Å²) in [4.78, 5) is 0. The first-order chi connectivity index (χ1) is 9.16. The number of phenols is 1. The second-order valence-electron chi connectivity index (χ2n) is 7.02. The molecule has 102 valence electrons. The topological polar surface area (TPSA) is 40.5 Å². The smallest absolute Gasteiger partial charge is 0.115 e. The predicted octanol–water partition coefficient (Wildman–Crippen LogP) is 3.12. The van der Waals surface area contributed by atoms with E-state index >= 15 is 0 Å². The first kappa shape index (κ1) is 11.8. The van der Waals surface area contributed by atoms with Crippen LogP contribution in [0.2, 0.25) is 0 Å². The Morgan fingerprint density at radius 2 is 2.05 bits per heavy atom. The summed E-state index contributed by atoms with van der Waals surface area (Å²) in [6.07, 6.45) is 7.03. The highest BCUT2D eigenvalue weighted by Gasteiger charge is 2.59. The van der Waals surface area contributed by atoms with E-state index in [2.05, 4.69) is 0 Å². The van der Waals surface area contributed by atoms with Gasteiger partial charge in [0.15, 0.2) is 0 Å². The van der Waals surface area contributed by atoms with Gasteiger partial charge in [-0.1, -0.05) is 18.6 Å². The number of fused-ring (bicyclic) bond motifs is 5. The Kier molecular flexibility index (Phi) is 2.47. The van der Waals surface area contributed by atoms with E-state index in [1.807, 2.05) is 12.1 Å². The van der Waals surface area contributed by atoms with Crippen molar-refractivity contribution in [3.8, 4) is 5.75 Å². The standard InChI is InChI=1S/C17H22O2/c18-13-4-1-3-11(7-13)9-17(19)10-12-8-16(17)15-6-2-5-14(12)15/h1,3-4,7,12,14-16,18-19H,2,5-6,8-10H2. The van der Waals surface area contributed by atoms with Gasteiger partial charge in [0.05, 0.1) is 5.60 Å². The molecule has 3 aliphatic rings. The van der Waals surface area contributed by atoms with Crippen LogP contribution in [0, 0.1) is 23.7 Å². The zero-order valence-electron chi connectivity index (χ0n) is 11.3. The molecule has 2 N–H and O–H groups in total. The molecule has 2 nitrogen and oxygen atoms in total. The summed E-state index contributed by atoms with van der Waals surface area (Å²) in [7, 11) is 0. The fourth-order valence-corrected chi connectivity index (χ4v) is 5.46. The molecule has 3 aliphatic carbocycles. The van der Waals surface area contributed by atoms with Crippen LogP contribution in [-0.4, -0.2) is 15.8 Å². The second-order valence-corrected chi connectivity index (χ2v) is 7.02. The van der Waals surface area contributed by atoms with Gasteiger partial charge in [0.25, 0.3) is 0 Å². The molecular weight excluding hydrogens is 236 g/mol. The van der Waals surface area contributed by atoms with Crippen molar-refractivity contribution in [3.63, 3.8) is 0 Å². The van der Waals surface area contributed by atoms with Gasteiger partial charge in [0.1, 0.15) is 5.75 Å². The highest BCUT2D eigenvalue weighted by Crippen LogP contribution is 2.62. The van der Waals surface area contributed by atoms with Crippen LogP contribution in [0.5, 0.6) is 5.75 Å². The summed E-state index contributed by atoms with van der Waals surface area (Å²) in [6, 6.07) is 7.40. The third-order valence-electron chi connectivity index (χ3n) is 6.03. The number of rotatable bonds is 2. The van der Waals surface area contributed by atoms with Gasteiger partial charge < -0.3 is 10.2 Å². The lowest BCUT2D eigenvalue weighted by Gasteiger charge is -2.39. The molecule has 0 aliphatic heterocycles. The summed E-state index contributed by atoms with van der Waals surface area (Å²) in [5, 5.41) is 20.7. The molecule has 2 bridgehead atoms. The minimum Gasteiger partial charge on any atom is -0.508 e. The Labute approximate surface area is 114 Å². The third kappa shape index (κ3) is 1.73. The summed E-state index contributed by atoms with van der Waals surface area (Å²) in [5.41, 5.74) is 0.564. The number of benzene rings is 1. The van der Waals surface area contributed by atoms with E-state index in [-0.39, 0.29) is 0 Å². The number of aliphatic hydroxyl groups is 1. The third-order valence-corrected chi connectivity index (χ3v) is 6.03. The van der Waals surface area contributed by atoms with Crippen LogP contribution < -0.4 is 0 Å². The Balaban J connectivity index is 1.58. The van der Waals surface area contributed by atoms with Gasteiger partial charge in [-0.3, -0.25) is 0 Å². The van der Waals surface area contributed by atoms with Crippen molar-refractivity contribution >= 4 is 0 Å². The predicted molar refractivity (Wildman–Crippen MR) is 73.8 cm³/mol. The molecule has 1 aromatic rings. The number of phenolic OH excluding ortho intramolecular Hbond substituents is 1. The molecule has 19 heavy (non-hydrogen) atoms. The van der Waals surface area contributed by atoms with Crippen molar-refractivity contribution in [1.29, 1.82) is 0 Å². The molecule has 0 spiro atoms. The SMILES string of the molecule is Oc1cccc(CC2(O)CC3CC2C2CCCC32)c1. The summed E-state index contributed by atoms with van der Waals surface area (Å²) in [5.74, 6) is 3.27. The lowest BCUT2D eigenvalue weighted by atomic mass is 9.71. The fourth-order valence-electron chi connectivity index (χ4n) is 5.46. The highest BCUT2D eigenvalue weighted by molar-refractivity contribution is 5.29. The van der Waals surface area contributed by atoms with E-state index in [1.54, 1.807) is 12.1 Å². The van der Waals surface area contributed by atoms with Gasteiger partial charge in [0, 0.05) is 6.42 Å². The molecule has 4 rings (SSSR count). The van der Waals surface area contributed by atoms with Crippen LogP contribution >= 0.6 is 0 Å². The molecule has 3 saturated carbocycles. The van der Waals surface area contributed by atoms with Crippen LogP contribution in [0.25, 0.3) is 0 Å². The molecule has 3 fully saturated rings. The van der Waals surface area contributed by atoms with Crippen molar-refractivity contribution in [2.75, 3.05) is 0 Å². The Hall–Kier alpha value is -1.02. The van der Waals surface area contributed by atoms with Crippen molar-refractivity contribution in [3.05, 3.63) is 29.8 Å². The minimum atomic E-state index is -0.510. The second kappa shape index (κ2) is 3.99. The molecule has 5 unspecified atom stereocenters. The number of aromatic hydroxyl groups is 1. The molecule has 1 aromatic carbocycles. The van der Waals surface area contributed by atoms with E-state index < -0.39 is 5.60 Å². The van der Waals surface area contributed by atoms with E-state index in [9.17, 15) is 10.2 Å². The maximum Gasteiger partial charge on any atom is 0.115 e. The Morgan fingerprint density at radius 1 is 1.21 bits per heavy atom. The van der Waals surface area contributed by atoms with Gasteiger partial charge in [-0.15, -0.1) is 0 Å². The summed E-state index contributed by atoms with van der Waals surface area (Å²) >= 11 is 0. The van der Waals surface area contributed by atoms with Gasteiger partial charge in [0.2, 0.25) is 0 Å². The van der Waals surface area contributed by atoms with Crippen molar-refractivity contribution in [2.24, 2.45) is 23.7 Å². The van der Waals surface area contributed by atoms with Crippen LogP contribution in [-0.2, 0) is 6.42 Å². The lowest BCUT2D eigenvalue weighted by molar-refractivity contribution is -0.0450. The highest BCUT2D eigenvalue weighted by atomic mass is 16.3. The van der Waals surface area contributed by atoms with Gasteiger partial charge in [-0.25, -0.2) is 0 Å². The Morgan fingerprint density at radius 3 is 2.89 bits per heavy atom. The van der Waals surface area contributed by atoms with E-state index in [1.165, 1.54) is 25.7 Å². The van der Waals surface area contributed by atoms with Gasteiger partial charge in [-0.2, -0.15) is 0 Å². The van der Waals surface area contributed by atoms with Crippen LogP contribution in [0.15, 0.2) is 24.3 Å². The fraction of sp³-hybridized carbons (Fsp3) is 0.647. The molecule has 0 saturated heterocycles. The maximum atomic E-state index is 11.1. The monoisotopic (exact) mass is 258 g/mol. The number of hydrogen-bond acceptors (Lipinski definition) is 2. The minimum absolute atomic E-state index is 0.308. The van der Waals surface area contributed by atoms with Crippen LogP contribution in [0.3, 0.4) is 0 Å². The van der Waals surface area contributed by atoms with Gasteiger partial charge >= 0.3 is 0 Å². The first-order valence-electron chi connectivity index (χ1n) is 7.66. The Bertz CT molecular complexity index is 498. The van der Waals surface area contributed by atoms with E-state index in [0.29, 0.717) is 18.1 Å². The van der Waals surface area contributed by atoms with Gasteiger partial charge in [-0.05, 0) is 67.1 Å². The van der Waals surface area contributed by atoms with Crippen LogP contribution in [0.4, 0.5) is 0 Å². The summed E-state index contributed by atoms with van der Waals surface area (Å²) < 4.78 is 0. The average molecular weight is 258 g/mol. The summed E-state index contributed by atoms with van der Waals surface area (Å²) in [6.45, 7) is 0. The normalized spacial score (nSPS) is 43.6. The van der Waals surface area contributed by atoms with Crippen molar-refractivity contribution in [2.45, 2.75) is 44.1 Å². The molecule has 0 radical (unpaired) electrons. The van der Waals surface area contributed by atoms with E-state index in [0.717, 1.165) is 29.7 Å². The maximum absolute atomic E-state index is 11.1. The van der Waals surface area contributed by atoms with Crippen molar-refractivity contribution in [1.82, 2.24) is 0 Å². The molecule has 0 amide bonds. The molecule has 0 heterocycles. The number of hydrogen-bond donors (Lipinski definition) is 2. The van der Waals surface area contributed by atoms with Crippen molar-refractivity contribution < 1.29 is 10.2 Å². The zero-order valence-corrected chi connectivity index (χ0v) is 11.3. The lowest BCUT2D eigenvalue weighted by Crippen LogP contribution is -2.43. The zero-order chi connectivity index (χ0) is 13.0. The molecular formula is C17H22O2. The van der Waals surface area contributed by atoms with E-state index in [4.69, 9.17) is 0 Å². The molecule has 0 aromatic heterocycles. The largest absolute Gasteiger partial charge is 0.508 e. The first-order valence-corrected chi connectivity index (χ1v) is 7.66. The quantitative estimate of drug-likeness (QED) is 0.855.